The molecule has 0 unspecified atom stereocenters. The van der Waals surface area contributed by atoms with Crippen LogP contribution in [0.25, 0.3) is 11.4 Å². The summed E-state index contributed by atoms with van der Waals surface area (Å²) in [5.74, 6) is 2.07. The lowest BCUT2D eigenvalue weighted by Gasteiger charge is -2.12. The number of hydrogen-bond acceptors (Lipinski definition) is 5. The van der Waals surface area contributed by atoms with E-state index in [1.165, 1.54) is 0 Å². The summed E-state index contributed by atoms with van der Waals surface area (Å²) in [6.45, 7) is 3.24. The lowest BCUT2D eigenvalue weighted by Crippen LogP contribution is -2.10. The second-order valence-electron chi connectivity index (χ2n) is 5.84. The molecular weight excluding hydrogens is 348 g/mol. The molecule has 134 valence electrons. The fourth-order valence-electron chi connectivity index (χ4n) is 2.42. The van der Waals surface area contributed by atoms with Crippen molar-refractivity contribution in [3.05, 3.63) is 65.2 Å². The summed E-state index contributed by atoms with van der Waals surface area (Å²) in [5.41, 5.74) is 2.86. The Morgan fingerprint density at radius 1 is 1.00 bits per heavy atom. The SMILES string of the molecule is COCCNc1cc(Nc2ccc(C)c(Cl)c2)nc(-c2ccccc2)n1. The van der Waals surface area contributed by atoms with Crippen LogP contribution in [0.4, 0.5) is 17.3 Å². The van der Waals surface area contributed by atoms with E-state index in [1.54, 1.807) is 7.11 Å². The molecule has 0 aliphatic carbocycles. The Morgan fingerprint density at radius 2 is 1.77 bits per heavy atom. The number of aromatic nitrogens is 2. The molecule has 0 amide bonds. The van der Waals surface area contributed by atoms with Gasteiger partial charge in [-0.25, -0.2) is 9.97 Å². The second kappa shape index (κ2) is 8.65. The third kappa shape index (κ3) is 4.71. The average molecular weight is 369 g/mol. The molecule has 0 spiro atoms. The van der Waals surface area contributed by atoms with E-state index in [0.29, 0.717) is 29.8 Å². The third-order valence-electron chi connectivity index (χ3n) is 3.81. The summed E-state index contributed by atoms with van der Waals surface area (Å²) in [7, 11) is 1.67. The molecule has 6 heteroatoms. The first-order valence-corrected chi connectivity index (χ1v) is 8.74. The molecule has 0 radical (unpaired) electrons. The predicted molar refractivity (Wildman–Crippen MR) is 107 cm³/mol. The van der Waals surface area contributed by atoms with E-state index in [9.17, 15) is 0 Å². The number of hydrogen-bond donors (Lipinski definition) is 2. The van der Waals surface area contributed by atoms with Gasteiger partial charge >= 0.3 is 0 Å². The van der Waals surface area contributed by atoms with Crippen molar-refractivity contribution in [1.82, 2.24) is 9.97 Å². The van der Waals surface area contributed by atoms with Gasteiger partial charge in [-0.2, -0.15) is 0 Å². The van der Waals surface area contributed by atoms with Crippen LogP contribution in [0, 0.1) is 6.92 Å². The quantitative estimate of drug-likeness (QED) is 0.580. The third-order valence-corrected chi connectivity index (χ3v) is 4.22. The van der Waals surface area contributed by atoms with Crippen LogP contribution in [0.2, 0.25) is 5.02 Å². The molecule has 2 aromatic carbocycles. The standard InChI is InChI=1S/C20H21ClN4O/c1-14-8-9-16(12-17(14)21)23-19-13-18(22-10-11-26-2)24-20(25-19)15-6-4-3-5-7-15/h3-9,12-13H,10-11H2,1-2H3,(H2,22,23,24,25). The molecule has 5 nitrogen and oxygen atoms in total. The number of rotatable bonds is 7. The number of benzene rings is 2. The zero-order valence-corrected chi connectivity index (χ0v) is 15.5. The number of halogens is 1. The number of aryl methyl sites for hydroxylation is 1. The topological polar surface area (TPSA) is 59.1 Å². The Bertz CT molecular complexity index is 871. The Balaban J connectivity index is 1.91. The monoisotopic (exact) mass is 368 g/mol. The van der Waals surface area contributed by atoms with Crippen LogP contribution in [0.15, 0.2) is 54.6 Å². The smallest absolute Gasteiger partial charge is 0.163 e. The lowest BCUT2D eigenvalue weighted by atomic mass is 10.2. The number of nitrogens with zero attached hydrogens (tertiary/aromatic N) is 2. The van der Waals surface area contributed by atoms with Crippen molar-refractivity contribution in [3.63, 3.8) is 0 Å². The van der Waals surface area contributed by atoms with Gasteiger partial charge in [0.15, 0.2) is 5.82 Å². The number of nitrogens with one attached hydrogen (secondary N) is 2. The van der Waals surface area contributed by atoms with Gasteiger partial charge < -0.3 is 15.4 Å². The molecule has 0 aliphatic heterocycles. The van der Waals surface area contributed by atoms with E-state index < -0.39 is 0 Å². The van der Waals surface area contributed by atoms with Gasteiger partial charge in [-0.1, -0.05) is 48.0 Å². The van der Waals surface area contributed by atoms with E-state index >= 15 is 0 Å². The van der Waals surface area contributed by atoms with Gasteiger partial charge in [0.05, 0.1) is 6.61 Å². The van der Waals surface area contributed by atoms with Gasteiger partial charge in [0.2, 0.25) is 0 Å². The molecule has 3 rings (SSSR count). The maximum Gasteiger partial charge on any atom is 0.163 e. The van der Waals surface area contributed by atoms with E-state index in [0.717, 1.165) is 22.6 Å². The first-order valence-electron chi connectivity index (χ1n) is 8.36. The number of anilines is 3. The molecule has 1 heterocycles. The van der Waals surface area contributed by atoms with E-state index in [1.807, 2.05) is 61.5 Å². The summed E-state index contributed by atoms with van der Waals surface area (Å²) < 4.78 is 5.09. The number of methoxy groups -OCH3 is 1. The highest BCUT2D eigenvalue weighted by Gasteiger charge is 2.08. The first kappa shape index (κ1) is 18.2. The molecule has 0 saturated heterocycles. The summed E-state index contributed by atoms with van der Waals surface area (Å²) in [6.07, 6.45) is 0. The van der Waals surface area contributed by atoms with Crippen LogP contribution in [0.3, 0.4) is 0 Å². The fraction of sp³-hybridized carbons (Fsp3) is 0.200. The van der Waals surface area contributed by atoms with Crippen LogP contribution < -0.4 is 10.6 Å². The Labute approximate surface area is 158 Å². The van der Waals surface area contributed by atoms with Gasteiger partial charge in [-0.3, -0.25) is 0 Å². The molecule has 0 bridgehead atoms. The minimum absolute atomic E-state index is 0.598. The van der Waals surface area contributed by atoms with Gasteiger partial charge in [-0.05, 0) is 24.6 Å². The minimum Gasteiger partial charge on any atom is -0.383 e. The first-order chi connectivity index (χ1) is 12.7. The zero-order valence-electron chi connectivity index (χ0n) is 14.8. The molecule has 0 atom stereocenters. The van der Waals surface area contributed by atoms with Gasteiger partial charge in [0.1, 0.15) is 11.6 Å². The number of ether oxygens (including phenoxy) is 1. The minimum atomic E-state index is 0.598. The molecular formula is C20H21ClN4O. The molecule has 0 fully saturated rings. The van der Waals surface area contributed by atoms with Crippen molar-refractivity contribution in [1.29, 1.82) is 0 Å². The molecule has 0 saturated carbocycles. The van der Waals surface area contributed by atoms with Crippen molar-refractivity contribution >= 4 is 28.9 Å². The summed E-state index contributed by atoms with van der Waals surface area (Å²) in [6, 6.07) is 17.6. The molecule has 0 aliphatic rings. The van der Waals surface area contributed by atoms with Crippen LogP contribution in [-0.2, 0) is 4.74 Å². The van der Waals surface area contributed by atoms with Gasteiger partial charge in [0.25, 0.3) is 0 Å². The largest absolute Gasteiger partial charge is 0.383 e. The van der Waals surface area contributed by atoms with E-state index in [4.69, 9.17) is 16.3 Å². The van der Waals surface area contributed by atoms with Crippen molar-refractivity contribution in [2.24, 2.45) is 0 Å². The highest BCUT2D eigenvalue weighted by Crippen LogP contribution is 2.25. The Hall–Kier alpha value is -2.63. The van der Waals surface area contributed by atoms with E-state index in [-0.39, 0.29) is 0 Å². The normalized spacial score (nSPS) is 10.6. The Morgan fingerprint density at radius 3 is 2.50 bits per heavy atom. The predicted octanol–water partition coefficient (Wildman–Crippen LogP) is 4.91. The molecule has 26 heavy (non-hydrogen) atoms. The van der Waals surface area contributed by atoms with E-state index in [2.05, 4.69) is 20.6 Å². The Kier molecular flexibility index (Phi) is 6.04. The average Bonchev–Trinajstić information content (AvgIpc) is 2.66. The van der Waals surface area contributed by atoms with Crippen molar-refractivity contribution < 1.29 is 4.74 Å². The van der Waals surface area contributed by atoms with Gasteiger partial charge in [0, 0.05) is 36.0 Å². The van der Waals surface area contributed by atoms with Crippen LogP contribution in [0.5, 0.6) is 0 Å². The lowest BCUT2D eigenvalue weighted by molar-refractivity contribution is 0.210. The van der Waals surface area contributed by atoms with Gasteiger partial charge in [-0.15, -0.1) is 0 Å². The van der Waals surface area contributed by atoms with Crippen LogP contribution >= 0.6 is 11.6 Å². The summed E-state index contributed by atoms with van der Waals surface area (Å²) in [4.78, 5) is 9.25. The molecule has 3 aromatic rings. The molecule has 1 aromatic heterocycles. The maximum absolute atomic E-state index is 6.22. The van der Waals surface area contributed by atoms with Crippen LogP contribution in [-0.4, -0.2) is 30.2 Å². The summed E-state index contributed by atoms with van der Waals surface area (Å²) >= 11 is 6.22. The second-order valence-corrected chi connectivity index (χ2v) is 6.24. The van der Waals surface area contributed by atoms with Crippen LogP contribution in [0.1, 0.15) is 5.56 Å². The van der Waals surface area contributed by atoms with Crippen molar-refractivity contribution in [2.45, 2.75) is 6.92 Å². The van der Waals surface area contributed by atoms with Crippen molar-refractivity contribution in [2.75, 3.05) is 30.9 Å². The highest BCUT2D eigenvalue weighted by molar-refractivity contribution is 6.31. The maximum atomic E-state index is 6.22. The highest BCUT2D eigenvalue weighted by atomic mass is 35.5. The zero-order chi connectivity index (χ0) is 18.4. The fourth-order valence-corrected chi connectivity index (χ4v) is 2.60. The molecule has 2 N–H and O–H groups in total. The summed E-state index contributed by atoms with van der Waals surface area (Å²) in [5, 5.41) is 7.28. The van der Waals surface area contributed by atoms with Crippen molar-refractivity contribution in [3.8, 4) is 11.4 Å².